The van der Waals surface area contributed by atoms with Crippen molar-refractivity contribution < 1.29 is 14.3 Å². The highest BCUT2D eigenvalue weighted by Gasteiger charge is 2.14. The fourth-order valence-corrected chi connectivity index (χ4v) is 3.90. The van der Waals surface area contributed by atoms with Gasteiger partial charge in [0.1, 0.15) is 17.2 Å². The molecule has 0 aliphatic rings. The maximum Gasteiger partial charge on any atom is 0.277 e. The number of carbonyl (C=O) groups is 1. The predicted molar refractivity (Wildman–Crippen MR) is 132 cm³/mol. The van der Waals surface area contributed by atoms with Gasteiger partial charge in [0.15, 0.2) is 0 Å². The lowest BCUT2D eigenvalue weighted by Crippen LogP contribution is -2.24. The van der Waals surface area contributed by atoms with Crippen LogP contribution in [0.3, 0.4) is 0 Å². The average molecular weight is 458 g/mol. The van der Waals surface area contributed by atoms with E-state index in [9.17, 15) is 9.59 Å². The Hall–Kier alpha value is -4.13. The van der Waals surface area contributed by atoms with E-state index in [4.69, 9.17) is 9.47 Å². The largest absolute Gasteiger partial charge is 0.497 e. The van der Waals surface area contributed by atoms with Crippen LogP contribution in [-0.2, 0) is 13.1 Å². The summed E-state index contributed by atoms with van der Waals surface area (Å²) >= 11 is 0. The number of rotatable bonds is 8. The molecular weight excluding hydrogens is 430 g/mol. The summed E-state index contributed by atoms with van der Waals surface area (Å²) in [7, 11) is 3.17. The van der Waals surface area contributed by atoms with Crippen LogP contribution >= 0.6 is 0 Å². The van der Waals surface area contributed by atoms with Gasteiger partial charge in [-0.15, -0.1) is 0 Å². The van der Waals surface area contributed by atoms with Gasteiger partial charge in [-0.25, -0.2) is 4.98 Å². The van der Waals surface area contributed by atoms with Gasteiger partial charge in [0.05, 0.1) is 25.3 Å². The zero-order valence-corrected chi connectivity index (χ0v) is 19.5. The van der Waals surface area contributed by atoms with Gasteiger partial charge in [0.25, 0.3) is 11.5 Å². The monoisotopic (exact) mass is 457 g/mol. The molecule has 4 aromatic rings. The van der Waals surface area contributed by atoms with Crippen LogP contribution in [-0.4, -0.2) is 29.7 Å². The molecule has 1 amide bonds. The summed E-state index contributed by atoms with van der Waals surface area (Å²) in [5.74, 6) is 1.12. The van der Waals surface area contributed by atoms with E-state index in [1.165, 1.54) is 0 Å². The van der Waals surface area contributed by atoms with Crippen LogP contribution in [0.4, 0.5) is 0 Å². The second kappa shape index (κ2) is 10.2. The lowest BCUT2D eigenvalue weighted by atomic mass is 10.1. The van der Waals surface area contributed by atoms with E-state index in [2.05, 4.69) is 10.3 Å². The Kier molecular flexibility index (Phi) is 6.92. The number of ether oxygens (including phenoxy) is 2. The summed E-state index contributed by atoms with van der Waals surface area (Å²) in [6.07, 6.45) is 0.838. The number of aromatic nitrogens is 2. The minimum atomic E-state index is -0.230. The van der Waals surface area contributed by atoms with Gasteiger partial charge in [-0.2, -0.15) is 0 Å². The summed E-state index contributed by atoms with van der Waals surface area (Å²) in [6.45, 7) is 2.94. The first kappa shape index (κ1) is 23.0. The molecule has 0 fully saturated rings. The molecule has 7 heteroatoms. The third kappa shape index (κ3) is 4.64. The number of nitrogens with zero attached hydrogens (tertiary/aromatic N) is 2. The molecule has 3 aromatic carbocycles. The van der Waals surface area contributed by atoms with Crippen molar-refractivity contribution in [3.8, 4) is 22.8 Å². The number of benzene rings is 3. The molecule has 0 aliphatic heterocycles. The standard InChI is InChI=1S/C27H27N3O4/c1-4-15-30-23-8-6-5-7-22(23)29-25(27(30)32)18-9-11-19(12-10-18)26(31)28-17-20-16-21(33-2)13-14-24(20)34-3/h5-14,16H,4,15,17H2,1-3H3,(H,28,31). The van der Waals surface area contributed by atoms with Gasteiger partial charge in [0, 0.05) is 29.8 Å². The summed E-state index contributed by atoms with van der Waals surface area (Å²) in [5.41, 5.74) is 3.79. The minimum Gasteiger partial charge on any atom is -0.497 e. The van der Waals surface area contributed by atoms with E-state index in [1.807, 2.05) is 37.3 Å². The van der Waals surface area contributed by atoms with Crippen molar-refractivity contribution in [2.75, 3.05) is 14.2 Å². The second-order valence-corrected chi connectivity index (χ2v) is 7.84. The highest BCUT2D eigenvalue weighted by atomic mass is 16.5. The summed E-state index contributed by atoms with van der Waals surface area (Å²) < 4.78 is 12.4. The number of aryl methyl sites for hydroxylation is 1. The molecule has 0 bridgehead atoms. The molecule has 0 unspecified atom stereocenters. The van der Waals surface area contributed by atoms with Crippen molar-refractivity contribution in [2.45, 2.75) is 26.4 Å². The van der Waals surface area contributed by atoms with Gasteiger partial charge in [-0.1, -0.05) is 31.2 Å². The Bertz CT molecular complexity index is 1380. The maximum atomic E-state index is 13.2. The second-order valence-electron chi connectivity index (χ2n) is 7.84. The fraction of sp³-hybridized carbons (Fsp3) is 0.222. The smallest absolute Gasteiger partial charge is 0.277 e. The predicted octanol–water partition coefficient (Wildman–Crippen LogP) is 4.42. The Balaban J connectivity index is 1.57. The van der Waals surface area contributed by atoms with Crippen LogP contribution in [0.2, 0.25) is 0 Å². The van der Waals surface area contributed by atoms with Crippen molar-refractivity contribution in [1.29, 1.82) is 0 Å². The number of methoxy groups -OCH3 is 2. The zero-order chi connectivity index (χ0) is 24.1. The van der Waals surface area contributed by atoms with E-state index in [-0.39, 0.29) is 18.0 Å². The number of amides is 1. The molecule has 4 rings (SSSR count). The molecule has 1 aromatic heterocycles. The molecule has 1 N–H and O–H groups in total. The molecule has 0 atom stereocenters. The molecule has 7 nitrogen and oxygen atoms in total. The van der Waals surface area contributed by atoms with Crippen molar-refractivity contribution in [3.05, 3.63) is 88.2 Å². The molecule has 1 heterocycles. The normalized spacial score (nSPS) is 10.8. The molecule has 0 spiro atoms. The average Bonchev–Trinajstić information content (AvgIpc) is 2.88. The Morgan fingerprint density at radius 1 is 1.00 bits per heavy atom. The molecule has 0 radical (unpaired) electrons. The van der Waals surface area contributed by atoms with Crippen molar-refractivity contribution in [2.24, 2.45) is 0 Å². The zero-order valence-electron chi connectivity index (χ0n) is 19.5. The Labute approximate surface area is 198 Å². The van der Waals surface area contributed by atoms with Crippen LogP contribution in [0.25, 0.3) is 22.3 Å². The van der Waals surface area contributed by atoms with E-state index < -0.39 is 0 Å². The molecule has 34 heavy (non-hydrogen) atoms. The highest BCUT2D eigenvalue weighted by Crippen LogP contribution is 2.24. The van der Waals surface area contributed by atoms with Gasteiger partial charge < -0.3 is 19.4 Å². The Morgan fingerprint density at radius 2 is 1.76 bits per heavy atom. The van der Waals surface area contributed by atoms with Crippen LogP contribution in [0.5, 0.6) is 11.5 Å². The number of fused-ring (bicyclic) bond motifs is 1. The van der Waals surface area contributed by atoms with Crippen molar-refractivity contribution in [3.63, 3.8) is 0 Å². The van der Waals surface area contributed by atoms with Gasteiger partial charge in [-0.05, 0) is 48.9 Å². The van der Waals surface area contributed by atoms with Gasteiger partial charge in [-0.3, -0.25) is 9.59 Å². The third-order valence-corrected chi connectivity index (χ3v) is 5.65. The number of hydrogen-bond donors (Lipinski definition) is 1. The molecule has 174 valence electrons. The fourth-order valence-electron chi connectivity index (χ4n) is 3.90. The van der Waals surface area contributed by atoms with Crippen LogP contribution in [0, 0.1) is 0 Å². The summed E-state index contributed by atoms with van der Waals surface area (Å²) in [4.78, 5) is 30.5. The highest BCUT2D eigenvalue weighted by molar-refractivity contribution is 5.94. The lowest BCUT2D eigenvalue weighted by molar-refractivity contribution is 0.0950. The van der Waals surface area contributed by atoms with E-state index in [0.717, 1.165) is 23.0 Å². The summed E-state index contributed by atoms with van der Waals surface area (Å²) in [5, 5.41) is 2.91. The minimum absolute atomic E-state index is 0.136. The van der Waals surface area contributed by atoms with Crippen LogP contribution in [0.1, 0.15) is 29.3 Å². The third-order valence-electron chi connectivity index (χ3n) is 5.65. The number of hydrogen-bond acceptors (Lipinski definition) is 5. The van der Waals surface area contributed by atoms with Crippen LogP contribution in [0.15, 0.2) is 71.5 Å². The Morgan fingerprint density at radius 3 is 2.47 bits per heavy atom. The summed E-state index contributed by atoms with van der Waals surface area (Å²) in [6, 6.07) is 20.0. The van der Waals surface area contributed by atoms with Crippen LogP contribution < -0.4 is 20.3 Å². The van der Waals surface area contributed by atoms with Crippen molar-refractivity contribution >= 4 is 16.9 Å². The molecule has 0 saturated heterocycles. The van der Waals surface area contributed by atoms with Crippen molar-refractivity contribution in [1.82, 2.24) is 14.9 Å². The number of nitrogens with one attached hydrogen (secondary N) is 1. The first-order valence-electron chi connectivity index (χ1n) is 11.1. The van der Waals surface area contributed by atoms with E-state index >= 15 is 0 Å². The van der Waals surface area contributed by atoms with Gasteiger partial charge in [0.2, 0.25) is 0 Å². The molecule has 0 aliphatic carbocycles. The van der Waals surface area contributed by atoms with E-state index in [1.54, 1.807) is 55.2 Å². The number of para-hydroxylation sites is 2. The first-order valence-corrected chi connectivity index (χ1v) is 11.1. The lowest BCUT2D eigenvalue weighted by Gasteiger charge is -2.12. The molecule has 0 saturated carbocycles. The quantitative estimate of drug-likeness (QED) is 0.424. The number of carbonyl (C=O) groups excluding carboxylic acids is 1. The SMILES string of the molecule is CCCn1c(=O)c(-c2ccc(C(=O)NCc3cc(OC)ccc3OC)cc2)nc2ccccc21. The topological polar surface area (TPSA) is 82.5 Å². The molecular formula is C27H27N3O4. The maximum absolute atomic E-state index is 13.2. The van der Waals surface area contributed by atoms with Gasteiger partial charge >= 0.3 is 0 Å². The first-order chi connectivity index (χ1) is 16.5. The van der Waals surface area contributed by atoms with E-state index in [0.29, 0.717) is 34.9 Å².